The van der Waals surface area contributed by atoms with Gasteiger partial charge in [-0.15, -0.1) is 0 Å². The first-order valence-electron chi connectivity index (χ1n) is 18.9. The second kappa shape index (κ2) is 17.0. The molecule has 1 heterocycles. The van der Waals surface area contributed by atoms with E-state index in [0.717, 1.165) is 49.0 Å². The molecule has 2 unspecified atom stereocenters. The number of para-hydroxylation sites is 2. The zero-order valence-electron chi connectivity index (χ0n) is 31.6. The monoisotopic (exact) mass is 793 g/mol. The summed E-state index contributed by atoms with van der Waals surface area (Å²) in [5.41, 5.74) is 1.83. The number of carbonyl (C=O) groups excluding carboxylic acids is 2. The van der Waals surface area contributed by atoms with Crippen molar-refractivity contribution < 1.29 is 49.8 Å². The highest BCUT2D eigenvalue weighted by Gasteiger charge is 2.42. The molecule has 0 saturated carbocycles. The van der Waals surface area contributed by atoms with Crippen LogP contribution in [0.4, 0.5) is 30.7 Å². The highest BCUT2D eigenvalue weighted by molar-refractivity contribution is 6.27. The Morgan fingerprint density at radius 3 is 1.84 bits per heavy atom. The molecule has 0 amide bonds. The Morgan fingerprint density at radius 1 is 0.667 bits per heavy atom. The summed E-state index contributed by atoms with van der Waals surface area (Å²) in [5.74, 6) is -9.51. The fourth-order valence-corrected chi connectivity index (χ4v) is 7.04. The van der Waals surface area contributed by atoms with Crippen molar-refractivity contribution in [2.24, 2.45) is 5.92 Å². The SMILES string of the molecule is CCCCC(CC)Cn1c2ccc(C(=O)c3ccccc3OCC(F)(F)C(F)F)cc2c2cc(C(=O)c3ccccc3OCC(F)(F)C(C)F)c3ccccc3c21. The number of rotatable bonds is 18. The number of nitrogens with zero attached hydrogens (tertiary/aromatic N) is 1. The van der Waals surface area contributed by atoms with E-state index in [9.17, 15) is 40.3 Å². The molecule has 5 nitrogen and oxygen atoms in total. The van der Waals surface area contributed by atoms with Gasteiger partial charge in [-0.05, 0) is 73.2 Å². The average molecular weight is 794 g/mol. The maximum Gasteiger partial charge on any atom is 0.340 e. The van der Waals surface area contributed by atoms with Crippen LogP contribution in [0.1, 0.15) is 78.3 Å². The van der Waals surface area contributed by atoms with Crippen LogP contribution in [0.25, 0.3) is 32.6 Å². The van der Waals surface area contributed by atoms with Crippen molar-refractivity contribution in [1.82, 2.24) is 4.57 Å². The van der Waals surface area contributed by atoms with Gasteiger partial charge in [-0.3, -0.25) is 9.59 Å². The van der Waals surface area contributed by atoms with Gasteiger partial charge in [-0.2, -0.15) is 17.6 Å². The summed E-state index contributed by atoms with van der Waals surface area (Å²) in [6.45, 7) is 2.69. The van der Waals surface area contributed by atoms with Crippen molar-refractivity contribution in [1.29, 1.82) is 0 Å². The first-order valence-corrected chi connectivity index (χ1v) is 18.9. The molecule has 0 N–H and O–H groups in total. The van der Waals surface area contributed by atoms with Crippen molar-refractivity contribution >= 4 is 44.1 Å². The zero-order valence-corrected chi connectivity index (χ0v) is 31.6. The molecule has 0 spiro atoms. The summed E-state index contributed by atoms with van der Waals surface area (Å²) < 4.78 is 108. The molecule has 0 aliphatic carbocycles. The molecule has 0 aliphatic rings. The molecule has 0 radical (unpaired) electrons. The summed E-state index contributed by atoms with van der Waals surface area (Å²) in [7, 11) is 0. The lowest BCUT2D eigenvalue weighted by Gasteiger charge is -2.20. The predicted molar refractivity (Wildman–Crippen MR) is 207 cm³/mol. The quantitative estimate of drug-likeness (QED) is 0.0642. The summed E-state index contributed by atoms with van der Waals surface area (Å²) in [5, 5.41) is 2.53. The van der Waals surface area contributed by atoms with Crippen molar-refractivity contribution in [3.05, 3.63) is 119 Å². The van der Waals surface area contributed by atoms with Crippen LogP contribution in [0.5, 0.6) is 11.5 Å². The first kappa shape index (κ1) is 41.2. The molecular formula is C45H42F7NO4. The van der Waals surface area contributed by atoms with Crippen LogP contribution < -0.4 is 9.47 Å². The fraction of sp³-hybridized carbons (Fsp3) is 0.333. The van der Waals surface area contributed by atoms with Crippen LogP contribution >= 0.6 is 0 Å². The van der Waals surface area contributed by atoms with E-state index in [0.29, 0.717) is 22.7 Å². The van der Waals surface area contributed by atoms with E-state index in [-0.39, 0.29) is 39.7 Å². The Labute approximate surface area is 325 Å². The Kier molecular flexibility index (Phi) is 12.3. The van der Waals surface area contributed by atoms with Crippen LogP contribution in [0.3, 0.4) is 0 Å². The van der Waals surface area contributed by atoms with E-state index in [4.69, 9.17) is 9.47 Å². The average Bonchev–Trinajstić information content (AvgIpc) is 3.52. The summed E-state index contributed by atoms with van der Waals surface area (Å²) in [6.07, 6.45) is -2.54. The van der Waals surface area contributed by atoms with Crippen molar-refractivity contribution in [3.63, 3.8) is 0 Å². The normalized spacial score (nSPS) is 13.4. The third-order valence-corrected chi connectivity index (χ3v) is 10.4. The molecule has 0 bridgehead atoms. The van der Waals surface area contributed by atoms with E-state index in [1.54, 1.807) is 42.5 Å². The van der Waals surface area contributed by atoms with Crippen molar-refractivity contribution in [3.8, 4) is 11.5 Å². The molecule has 57 heavy (non-hydrogen) atoms. The minimum absolute atomic E-state index is 0.0106. The highest BCUT2D eigenvalue weighted by atomic mass is 19.3. The van der Waals surface area contributed by atoms with Crippen LogP contribution in [0, 0.1) is 5.92 Å². The standard InChI is InChI=1S/C45H42F7NO4/c1-4-6-13-28(5-2)24-53-37-21-20-29(41(54)32-16-9-11-18-38(32)57-26-45(51,52)43(47)48)22-34(37)35-23-36(30-14-7-8-15-31(30)40(35)53)42(55)33-17-10-12-19-39(33)56-25-44(49,50)27(3)46/h7-12,14-23,27-28,43H,4-6,13,24-26H2,1-3H3. The molecule has 12 heteroatoms. The molecule has 5 aromatic carbocycles. The number of alkyl halides is 7. The molecule has 0 saturated heterocycles. The minimum atomic E-state index is -4.44. The van der Waals surface area contributed by atoms with Gasteiger partial charge in [0.15, 0.2) is 31.0 Å². The maximum absolute atomic E-state index is 14.5. The van der Waals surface area contributed by atoms with Gasteiger partial charge in [0.1, 0.15) is 11.5 Å². The molecule has 0 fully saturated rings. The van der Waals surface area contributed by atoms with Gasteiger partial charge in [0.25, 0.3) is 0 Å². The van der Waals surface area contributed by atoms with Crippen molar-refractivity contribution in [2.45, 2.75) is 77.4 Å². The zero-order chi connectivity index (χ0) is 41.1. The molecule has 300 valence electrons. The minimum Gasteiger partial charge on any atom is -0.486 e. The maximum atomic E-state index is 14.5. The molecule has 6 rings (SSSR count). The lowest BCUT2D eigenvalue weighted by atomic mass is 9.93. The fourth-order valence-electron chi connectivity index (χ4n) is 7.04. The van der Waals surface area contributed by atoms with E-state index < -0.39 is 49.2 Å². The smallest absolute Gasteiger partial charge is 0.340 e. The molecule has 6 aromatic rings. The molecule has 2 atom stereocenters. The Balaban J connectivity index is 1.53. The van der Waals surface area contributed by atoms with Gasteiger partial charge in [-0.25, -0.2) is 13.2 Å². The lowest BCUT2D eigenvalue weighted by molar-refractivity contribution is -0.148. The van der Waals surface area contributed by atoms with E-state index in [2.05, 4.69) is 18.4 Å². The van der Waals surface area contributed by atoms with Crippen LogP contribution in [-0.2, 0) is 6.54 Å². The second-order valence-electron chi connectivity index (χ2n) is 14.3. The van der Waals surface area contributed by atoms with Gasteiger partial charge in [0, 0.05) is 39.3 Å². The summed E-state index contributed by atoms with van der Waals surface area (Å²) >= 11 is 0. The van der Waals surface area contributed by atoms with Gasteiger partial charge in [0.05, 0.1) is 16.6 Å². The Bertz CT molecular complexity index is 2410. The third kappa shape index (κ3) is 8.50. The first-order chi connectivity index (χ1) is 27.2. The van der Waals surface area contributed by atoms with Gasteiger partial charge >= 0.3 is 18.3 Å². The van der Waals surface area contributed by atoms with E-state index in [1.807, 2.05) is 12.1 Å². The molecule has 1 aromatic heterocycles. The Hall–Kier alpha value is -5.39. The number of hydrogen-bond donors (Lipinski definition) is 0. The predicted octanol–water partition coefficient (Wildman–Crippen LogP) is 12.3. The highest BCUT2D eigenvalue weighted by Crippen LogP contribution is 2.40. The topological polar surface area (TPSA) is 57.5 Å². The Morgan fingerprint density at radius 2 is 1.25 bits per heavy atom. The number of ketones is 2. The van der Waals surface area contributed by atoms with Gasteiger partial charge in [-0.1, -0.05) is 81.6 Å². The number of hydrogen-bond acceptors (Lipinski definition) is 4. The number of fused-ring (bicyclic) bond motifs is 5. The van der Waals surface area contributed by atoms with Crippen molar-refractivity contribution in [2.75, 3.05) is 13.2 Å². The number of unbranched alkanes of at least 4 members (excludes halogenated alkanes) is 1. The van der Waals surface area contributed by atoms with E-state index >= 15 is 0 Å². The largest absolute Gasteiger partial charge is 0.486 e. The number of carbonyl (C=O) groups is 2. The number of benzene rings is 5. The summed E-state index contributed by atoms with van der Waals surface area (Å²) in [6, 6.07) is 25.5. The van der Waals surface area contributed by atoms with E-state index in [1.165, 1.54) is 42.5 Å². The number of aromatic nitrogens is 1. The van der Waals surface area contributed by atoms with Crippen LogP contribution in [0.15, 0.2) is 97.1 Å². The number of halogens is 7. The third-order valence-electron chi connectivity index (χ3n) is 10.4. The van der Waals surface area contributed by atoms with Crippen LogP contribution in [-0.4, -0.2) is 53.8 Å². The van der Waals surface area contributed by atoms with Crippen LogP contribution in [0.2, 0.25) is 0 Å². The van der Waals surface area contributed by atoms with Gasteiger partial charge < -0.3 is 14.0 Å². The van der Waals surface area contributed by atoms with Gasteiger partial charge in [0.2, 0.25) is 0 Å². The molecule has 0 aliphatic heterocycles. The molecular weight excluding hydrogens is 751 g/mol. The lowest BCUT2D eigenvalue weighted by Crippen LogP contribution is -2.34. The summed E-state index contributed by atoms with van der Waals surface area (Å²) in [4.78, 5) is 28.6. The second-order valence-corrected chi connectivity index (χ2v) is 14.3. The number of ether oxygens (including phenoxy) is 2.